The molecule has 1 N–H and O–H groups in total. The first-order valence-corrected chi connectivity index (χ1v) is 9.89. The summed E-state index contributed by atoms with van der Waals surface area (Å²) in [5.74, 6) is 0.446. The van der Waals surface area contributed by atoms with Crippen molar-refractivity contribution in [1.82, 2.24) is 13.9 Å². The first-order chi connectivity index (χ1) is 10.4. The highest BCUT2D eigenvalue weighted by molar-refractivity contribution is 7.87. The first-order valence-electron chi connectivity index (χ1n) is 8.45. The smallest absolute Gasteiger partial charge is 0.279 e. The topological polar surface area (TPSA) is 61.9 Å². The third-order valence-corrected chi connectivity index (χ3v) is 6.65. The van der Waals surface area contributed by atoms with Crippen LogP contribution in [-0.4, -0.2) is 69.1 Å². The van der Waals surface area contributed by atoms with Crippen molar-refractivity contribution >= 4 is 10.2 Å². The lowest BCUT2D eigenvalue weighted by atomic mass is 9.96. The SMILES string of the molecule is CC[C@@](C)(CNS(=O)(=O)N1CCC[C@H](C)C1)N1CCOCC1. The Morgan fingerprint density at radius 2 is 1.95 bits per heavy atom. The Morgan fingerprint density at radius 1 is 1.27 bits per heavy atom. The molecule has 2 aliphatic rings. The van der Waals surface area contributed by atoms with E-state index in [1.807, 2.05) is 0 Å². The second-order valence-electron chi connectivity index (χ2n) is 6.88. The molecule has 2 fully saturated rings. The molecule has 2 saturated heterocycles. The molecule has 0 spiro atoms. The monoisotopic (exact) mass is 333 g/mol. The Kier molecular flexibility index (Phi) is 6.24. The maximum Gasteiger partial charge on any atom is 0.279 e. The van der Waals surface area contributed by atoms with Crippen LogP contribution < -0.4 is 4.72 Å². The molecule has 2 rings (SSSR count). The van der Waals surface area contributed by atoms with E-state index >= 15 is 0 Å². The molecule has 2 atom stereocenters. The lowest BCUT2D eigenvalue weighted by Crippen LogP contribution is -2.58. The molecule has 2 heterocycles. The quantitative estimate of drug-likeness (QED) is 0.789. The number of hydrogen-bond donors (Lipinski definition) is 1. The van der Waals surface area contributed by atoms with Crippen LogP contribution in [0.25, 0.3) is 0 Å². The number of rotatable bonds is 6. The van der Waals surface area contributed by atoms with Crippen LogP contribution >= 0.6 is 0 Å². The fourth-order valence-corrected chi connectivity index (χ4v) is 4.76. The zero-order chi connectivity index (χ0) is 16.2. The van der Waals surface area contributed by atoms with Gasteiger partial charge >= 0.3 is 0 Å². The van der Waals surface area contributed by atoms with Crippen LogP contribution in [0.2, 0.25) is 0 Å². The average Bonchev–Trinajstić information content (AvgIpc) is 2.53. The maximum atomic E-state index is 12.5. The van der Waals surface area contributed by atoms with Gasteiger partial charge < -0.3 is 4.74 Å². The Hall–Kier alpha value is -0.210. The van der Waals surface area contributed by atoms with Crippen molar-refractivity contribution in [1.29, 1.82) is 0 Å². The van der Waals surface area contributed by atoms with Crippen LogP contribution in [0.1, 0.15) is 40.0 Å². The fourth-order valence-electron chi connectivity index (χ4n) is 3.27. The minimum atomic E-state index is -3.37. The average molecular weight is 333 g/mol. The Morgan fingerprint density at radius 3 is 2.55 bits per heavy atom. The van der Waals surface area contributed by atoms with Crippen LogP contribution in [0.5, 0.6) is 0 Å². The molecule has 0 unspecified atom stereocenters. The van der Waals surface area contributed by atoms with Crippen LogP contribution in [-0.2, 0) is 14.9 Å². The summed E-state index contributed by atoms with van der Waals surface area (Å²) in [5, 5.41) is 0. The Balaban J connectivity index is 1.96. The molecule has 22 heavy (non-hydrogen) atoms. The molecule has 130 valence electrons. The molecule has 0 saturated carbocycles. The molecule has 7 heteroatoms. The van der Waals surface area contributed by atoms with Gasteiger partial charge in [-0.05, 0) is 32.1 Å². The van der Waals surface area contributed by atoms with Gasteiger partial charge in [0.1, 0.15) is 0 Å². The molecule has 0 bridgehead atoms. The zero-order valence-corrected chi connectivity index (χ0v) is 15.0. The van der Waals surface area contributed by atoms with Crippen LogP contribution in [0, 0.1) is 5.92 Å². The summed E-state index contributed by atoms with van der Waals surface area (Å²) in [6.45, 7) is 11.3. The van der Waals surface area contributed by atoms with E-state index in [0.29, 0.717) is 25.6 Å². The van der Waals surface area contributed by atoms with Crippen molar-refractivity contribution < 1.29 is 13.2 Å². The number of morpholine rings is 1. The Bertz CT molecular complexity index is 451. The van der Waals surface area contributed by atoms with E-state index in [-0.39, 0.29) is 5.54 Å². The fraction of sp³-hybridized carbons (Fsp3) is 1.00. The van der Waals surface area contributed by atoms with Crippen molar-refractivity contribution in [2.75, 3.05) is 45.9 Å². The van der Waals surface area contributed by atoms with E-state index in [0.717, 1.165) is 45.6 Å². The second-order valence-corrected chi connectivity index (χ2v) is 8.64. The number of ether oxygens (including phenoxy) is 1. The predicted octanol–water partition coefficient (Wildman–Crippen LogP) is 1.05. The van der Waals surface area contributed by atoms with Crippen molar-refractivity contribution in [2.24, 2.45) is 5.92 Å². The summed E-state index contributed by atoms with van der Waals surface area (Å²) in [4.78, 5) is 2.35. The maximum absolute atomic E-state index is 12.5. The molecule has 0 radical (unpaired) electrons. The highest BCUT2D eigenvalue weighted by atomic mass is 32.2. The third-order valence-electron chi connectivity index (χ3n) is 5.13. The normalized spacial score (nSPS) is 28.4. The van der Waals surface area contributed by atoms with Crippen molar-refractivity contribution in [3.05, 3.63) is 0 Å². The number of nitrogens with one attached hydrogen (secondary N) is 1. The number of nitrogens with zero attached hydrogens (tertiary/aromatic N) is 2. The van der Waals surface area contributed by atoms with E-state index in [1.54, 1.807) is 4.31 Å². The summed E-state index contributed by atoms with van der Waals surface area (Å²) >= 11 is 0. The first kappa shape index (κ1) is 18.1. The van der Waals surface area contributed by atoms with E-state index in [9.17, 15) is 8.42 Å². The summed E-state index contributed by atoms with van der Waals surface area (Å²) < 4.78 is 35.0. The van der Waals surface area contributed by atoms with Gasteiger partial charge in [-0.25, -0.2) is 4.72 Å². The van der Waals surface area contributed by atoms with E-state index in [1.165, 1.54) is 0 Å². The molecule has 0 amide bonds. The van der Waals surface area contributed by atoms with Gasteiger partial charge in [0.15, 0.2) is 0 Å². The van der Waals surface area contributed by atoms with Crippen LogP contribution in [0.4, 0.5) is 0 Å². The summed E-state index contributed by atoms with van der Waals surface area (Å²) in [6, 6.07) is 0. The minimum absolute atomic E-state index is 0.155. The molecule has 0 aromatic heterocycles. The van der Waals surface area contributed by atoms with Gasteiger partial charge in [0.05, 0.1) is 13.2 Å². The van der Waals surface area contributed by atoms with E-state index < -0.39 is 10.2 Å². The molecule has 0 aliphatic carbocycles. The Labute approximate surface area is 135 Å². The van der Waals surface area contributed by atoms with Gasteiger partial charge in [0.25, 0.3) is 10.2 Å². The highest BCUT2D eigenvalue weighted by Crippen LogP contribution is 2.22. The summed E-state index contributed by atoms with van der Waals surface area (Å²) in [5.41, 5.74) is -0.155. The van der Waals surface area contributed by atoms with Gasteiger partial charge in [-0.15, -0.1) is 0 Å². The lowest BCUT2D eigenvalue weighted by Gasteiger charge is -2.43. The van der Waals surface area contributed by atoms with Gasteiger partial charge in [0, 0.05) is 38.3 Å². The lowest BCUT2D eigenvalue weighted by molar-refractivity contribution is -0.0158. The van der Waals surface area contributed by atoms with Crippen molar-refractivity contribution in [3.63, 3.8) is 0 Å². The highest BCUT2D eigenvalue weighted by Gasteiger charge is 2.34. The van der Waals surface area contributed by atoms with Gasteiger partial charge in [-0.3, -0.25) is 4.90 Å². The van der Waals surface area contributed by atoms with E-state index in [2.05, 4.69) is 30.4 Å². The molecule has 6 nitrogen and oxygen atoms in total. The second kappa shape index (κ2) is 7.57. The molecule has 2 aliphatic heterocycles. The number of hydrogen-bond acceptors (Lipinski definition) is 4. The summed E-state index contributed by atoms with van der Waals surface area (Å²) in [7, 11) is -3.37. The van der Waals surface area contributed by atoms with E-state index in [4.69, 9.17) is 4.74 Å². The largest absolute Gasteiger partial charge is 0.379 e. The minimum Gasteiger partial charge on any atom is -0.379 e. The van der Waals surface area contributed by atoms with Gasteiger partial charge in [-0.1, -0.05) is 13.8 Å². The van der Waals surface area contributed by atoms with Crippen LogP contribution in [0.3, 0.4) is 0 Å². The van der Waals surface area contributed by atoms with Gasteiger partial charge in [0.2, 0.25) is 0 Å². The van der Waals surface area contributed by atoms with Crippen LogP contribution in [0.15, 0.2) is 0 Å². The standard InChI is InChI=1S/C15H31N3O3S/c1-4-15(3,17-8-10-21-11-9-17)13-16-22(19,20)18-7-5-6-14(2)12-18/h14,16H,4-13H2,1-3H3/t14-,15-/m0/s1. The van der Waals surface area contributed by atoms with Crippen molar-refractivity contribution in [3.8, 4) is 0 Å². The van der Waals surface area contributed by atoms with Crippen molar-refractivity contribution in [2.45, 2.75) is 45.6 Å². The molecular formula is C15H31N3O3S. The third kappa shape index (κ3) is 4.41. The zero-order valence-electron chi connectivity index (χ0n) is 14.2. The number of piperidine rings is 1. The molecule has 0 aromatic carbocycles. The summed E-state index contributed by atoms with van der Waals surface area (Å²) in [6.07, 6.45) is 2.98. The predicted molar refractivity (Wildman–Crippen MR) is 88.0 cm³/mol. The molecular weight excluding hydrogens is 302 g/mol. The van der Waals surface area contributed by atoms with Gasteiger partial charge in [-0.2, -0.15) is 12.7 Å². The molecule has 0 aromatic rings.